The lowest BCUT2D eigenvalue weighted by Gasteiger charge is -2.08. The first-order chi connectivity index (χ1) is 7.06. The van der Waals surface area contributed by atoms with E-state index < -0.39 is 11.9 Å². The number of hydrogen-bond donors (Lipinski definition) is 2. The number of carboxylic acid groups (broad SMARTS) is 2. The van der Waals surface area contributed by atoms with Crippen LogP contribution in [0.2, 0.25) is 0 Å². The van der Waals surface area contributed by atoms with Crippen LogP contribution in [-0.4, -0.2) is 46.7 Å². The number of carbonyl (C=O) groups is 2. The number of hydrogen-bond acceptors (Lipinski definition) is 3. The normalized spacial score (nSPS) is 16.1. The summed E-state index contributed by atoms with van der Waals surface area (Å²) in [5, 5.41) is 15.6. The minimum atomic E-state index is -1.26. The molecule has 0 aliphatic carbocycles. The number of rotatable bonds is 3. The van der Waals surface area contributed by atoms with E-state index in [1.54, 1.807) is 0 Å². The molecule has 86 valence electrons. The highest BCUT2D eigenvalue weighted by molar-refractivity contribution is 5.89. The summed E-state index contributed by atoms with van der Waals surface area (Å²) in [4.78, 5) is 21.6. The van der Waals surface area contributed by atoms with E-state index in [-0.39, 0.29) is 0 Å². The topological polar surface area (TPSA) is 77.8 Å². The highest BCUT2D eigenvalue weighted by Crippen LogP contribution is 2.04. The van der Waals surface area contributed by atoms with Gasteiger partial charge >= 0.3 is 11.9 Å². The van der Waals surface area contributed by atoms with E-state index >= 15 is 0 Å². The van der Waals surface area contributed by atoms with E-state index in [9.17, 15) is 9.59 Å². The van der Waals surface area contributed by atoms with Gasteiger partial charge in [0, 0.05) is 12.2 Å². The molecular formula is C10H17NO4. The predicted molar refractivity (Wildman–Crippen MR) is 55.8 cm³/mol. The Hall–Kier alpha value is -1.36. The van der Waals surface area contributed by atoms with Crippen molar-refractivity contribution in [3.8, 4) is 0 Å². The standard InChI is InChI=1S/C6H13N.C4H4O4/c1-2-7-5-3-4-6-7;5-3(6)1-2-4(7)8/h2-6H2,1H3;1-2H,(H,5,6)(H,7,8)/b;2-1-. The Labute approximate surface area is 89.0 Å². The van der Waals surface area contributed by atoms with Crippen LogP contribution in [0, 0.1) is 0 Å². The van der Waals surface area contributed by atoms with E-state index in [0.29, 0.717) is 12.2 Å². The molecule has 0 aromatic carbocycles. The third-order valence-corrected chi connectivity index (χ3v) is 2.01. The predicted octanol–water partition coefficient (Wildman–Crippen LogP) is 0.814. The Balaban J connectivity index is 0.000000262. The zero-order valence-corrected chi connectivity index (χ0v) is 8.85. The van der Waals surface area contributed by atoms with Crippen LogP contribution >= 0.6 is 0 Å². The Bertz CT molecular complexity index is 216. The van der Waals surface area contributed by atoms with Gasteiger partial charge in [0.25, 0.3) is 0 Å². The summed E-state index contributed by atoms with van der Waals surface area (Å²) >= 11 is 0. The fourth-order valence-corrected chi connectivity index (χ4v) is 1.24. The molecule has 0 radical (unpaired) electrons. The van der Waals surface area contributed by atoms with Crippen molar-refractivity contribution in [1.29, 1.82) is 0 Å². The molecule has 5 heteroatoms. The van der Waals surface area contributed by atoms with Crippen molar-refractivity contribution in [3.05, 3.63) is 12.2 Å². The SMILES string of the molecule is CCN1CCCC1.O=C(O)/C=C\C(=O)O. The smallest absolute Gasteiger partial charge is 0.328 e. The van der Waals surface area contributed by atoms with Crippen LogP contribution in [-0.2, 0) is 9.59 Å². The molecule has 1 saturated heterocycles. The molecule has 0 unspecified atom stereocenters. The van der Waals surface area contributed by atoms with Crippen LogP contribution in [0.5, 0.6) is 0 Å². The van der Waals surface area contributed by atoms with Crippen molar-refractivity contribution in [2.45, 2.75) is 19.8 Å². The third kappa shape index (κ3) is 8.96. The summed E-state index contributed by atoms with van der Waals surface area (Å²) in [5.74, 6) is -2.51. The summed E-state index contributed by atoms with van der Waals surface area (Å²) in [6.45, 7) is 6.16. The van der Waals surface area contributed by atoms with E-state index in [2.05, 4.69) is 11.8 Å². The molecule has 0 aromatic heterocycles. The Morgan fingerprint density at radius 2 is 1.53 bits per heavy atom. The zero-order valence-electron chi connectivity index (χ0n) is 8.85. The molecule has 1 heterocycles. The maximum absolute atomic E-state index is 9.55. The van der Waals surface area contributed by atoms with Crippen LogP contribution < -0.4 is 0 Å². The van der Waals surface area contributed by atoms with Gasteiger partial charge in [-0.2, -0.15) is 0 Å². The van der Waals surface area contributed by atoms with E-state index in [0.717, 1.165) is 0 Å². The number of nitrogens with zero attached hydrogens (tertiary/aromatic N) is 1. The zero-order chi connectivity index (χ0) is 11.7. The molecule has 5 nitrogen and oxygen atoms in total. The number of likely N-dealkylation sites (tertiary alicyclic amines) is 1. The molecule has 0 spiro atoms. The highest BCUT2D eigenvalue weighted by atomic mass is 16.4. The minimum absolute atomic E-state index is 0.558. The quantitative estimate of drug-likeness (QED) is 0.681. The molecule has 0 amide bonds. The first kappa shape index (κ1) is 13.6. The fraction of sp³-hybridized carbons (Fsp3) is 0.600. The molecule has 0 bridgehead atoms. The molecule has 2 N–H and O–H groups in total. The summed E-state index contributed by atoms with van der Waals surface area (Å²) < 4.78 is 0. The highest BCUT2D eigenvalue weighted by Gasteiger charge is 2.06. The average molecular weight is 215 g/mol. The van der Waals surface area contributed by atoms with Crippen LogP contribution in [0.25, 0.3) is 0 Å². The lowest BCUT2D eigenvalue weighted by molar-refractivity contribution is -0.134. The van der Waals surface area contributed by atoms with Gasteiger partial charge in [-0.05, 0) is 32.5 Å². The average Bonchev–Trinajstić information content (AvgIpc) is 2.68. The summed E-state index contributed by atoms with van der Waals surface area (Å²) in [6, 6.07) is 0. The molecule has 0 aromatic rings. The Morgan fingerprint density at radius 1 is 1.13 bits per heavy atom. The van der Waals surface area contributed by atoms with Crippen LogP contribution in [0.4, 0.5) is 0 Å². The first-order valence-corrected chi connectivity index (χ1v) is 4.92. The van der Waals surface area contributed by atoms with Gasteiger partial charge in [0.2, 0.25) is 0 Å². The van der Waals surface area contributed by atoms with Gasteiger partial charge in [-0.1, -0.05) is 6.92 Å². The van der Waals surface area contributed by atoms with Gasteiger partial charge in [0.05, 0.1) is 0 Å². The van der Waals surface area contributed by atoms with Gasteiger partial charge in [-0.15, -0.1) is 0 Å². The third-order valence-electron chi connectivity index (χ3n) is 2.01. The maximum atomic E-state index is 9.55. The molecule has 1 fully saturated rings. The van der Waals surface area contributed by atoms with Crippen molar-refractivity contribution >= 4 is 11.9 Å². The largest absolute Gasteiger partial charge is 0.478 e. The molecule has 15 heavy (non-hydrogen) atoms. The molecule has 0 saturated carbocycles. The van der Waals surface area contributed by atoms with Gasteiger partial charge in [-0.25, -0.2) is 9.59 Å². The second-order valence-electron chi connectivity index (χ2n) is 3.15. The lowest BCUT2D eigenvalue weighted by Crippen LogP contribution is -2.17. The fourth-order valence-electron chi connectivity index (χ4n) is 1.24. The van der Waals surface area contributed by atoms with Crippen molar-refractivity contribution in [2.24, 2.45) is 0 Å². The summed E-state index contributed by atoms with van der Waals surface area (Å²) in [5.41, 5.74) is 0. The van der Waals surface area contributed by atoms with Gasteiger partial charge in [0.1, 0.15) is 0 Å². The molecule has 0 atom stereocenters. The van der Waals surface area contributed by atoms with Gasteiger partial charge in [-0.3, -0.25) is 0 Å². The molecule has 1 rings (SSSR count). The van der Waals surface area contributed by atoms with E-state index in [4.69, 9.17) is 10.2 Å². The van der Waals surface area contributed by atoms with Crippen molar-refractivity contribution in [1.82, 2.24) is 4.90 Å². The molecule has 1 aliphatic heterocycles. The van der Waals surface area contributed by atoms with E-state index in [1.165, 1.54) is 32.5 Å². The van der Waals surface area contributed by atoms with Crippen molar-refractivity contribution in [3.63, 3.8) is 0 Å². The second kappa shape index (κ2) is 7.99. The van der Waals surface area contributed by atoms with E-state index in [1.807, 2.05) is 0 Å². The Morgan fingerprint density at radius 3 is 1.73 bits per heavy atom. The number of carboxylic acids is 2. The second-order valence-corrected chi connectivity index (χ2v) is 3.15. The summed E-state index contributed by atoms with van der Waals surface area (Å²) in [6.07, 6.45) is 3.96. The monoisotopic (exact) mass is 215 g/mol. The van der Waals surface area contributed by atoms with Crippen LogP contribution in [0.15, 0.2) is 12.2 Å². The van der Waals surface area contributed by atoms with Crippen molar-refractivity contribution < 1.29 is 19.8 Å². The van der Waals surface area contributed by atoms with Crippen molar-refractivity contribution in [2.75, 3.05) is 19.6 Å². The maximum Gasteiger partial charge on any atom is 0.328 e. The first-order valence-electron chi connectivity index (χ1n) is 4.92. The molecule has 1 aliphatic rings. The van der Waals surface area contributed by atoms with Gasteiger partial charge < -0.3 is 15.1 Å². The lowest BCUT2D eigenvalue weighted by atomic mass is 10.4. The summed E-state index contributed by atoms with van der Waals surface area (Å²) in [7, 11) is 0. The Kier molecular flexibility index (Phi) is 7.27. The van der Waals surface area contributed by atoms with Crippen LogP contribution in [0.3, 0.4) is 0 Å². The van der Waals surface area contributed by atoms with Crippen LogP contribution in [0.1, 0.15) is 19.8 Å². The minimum Gasteiger partial charge on any atom is -0.478 e. The number of aliphatic carboxylic acids is 2. The molecular weight excluding hydrogens is 198 g/mol. The van der Waals surface area contributed by atoms with Gasteiger partial charge in [0.15, 0.2) is 0 Å².